The average Bonchev–Trinajstić information content (AvgIpc) is 2.94. The third-order valence-corrected chi connectivity index (χ3v) is 7.71. The molecule has 0 saturated carbocycles. The minimum Gasteiger partial charge on any atom is -0.486 e. The highest BCUT2D eigenvalue weighted by Gasteiger charge is 2.45. The lowest BCUT2D eigenvalue weighted by atomic mass is 10.2. The second-order valence-corrected chi connectivity index (χ2v) is 9.59. The molecule has 0 aliphatic carbocycles. The van der Waals surface area contributed by atoms with Crippen molar-refractivity contribution in [3.63, 3.8) is 0 Å². The highest BCUT2D eigenvalue weighted by Crippen LogP contribution is 2.32. The predicted molar refractivity (Wildman–Crippen MR) is 90.2 cm³/mol. The number of hydrogen-bond acceptors (Lipinski definition) is 5. The summed E-state index contributed by atoms with van der Waals surface area (Å²) in [4.78, 5) is 0.247. The molecule has 0 bridgehead atoms. The number of nitrogens with zero attached hydrogens (tertiary/aromatic N) is 1. The van der Waals surface area contributed by atoms with Gasteiger partial charge in [0, 0.05) is 6.54 Å². The van der Waals surface area contributed by atoms with Gasteiger partial charge in [0.25, 0.3) is 0 Å². The quantitative estimate of drug-likeness (QED) is 0.832. The normalized spacial score (nSPS) is 25.4. The minimum atomic E-state index is -3.76. The Hall–Kier alpha value is -1.94. The van der Waals surface area contributed by atoms with Crippen LogP contribution in [0.1, 0.15) is 0 Å². The summed E-state index contributed by atoms with van der Waals surface area (Å²) in [7, 11) is -7.47. The summed E-state index contributed by atoms with van der Waals surface area (Å²) in [5.74, 6) is 0.237. The lowest BCUT2D eigenvalue weighted by molar-refractivity contribution is 0.194. The summed E-state index contributed by atoms with van der Waals surface area (Å²) >= 11 is 0. The number of hydrogen-bond donors (Lipinski definition) is 1. The Bertz CT molecular complexity index is 1010. The molecule has 2 heterocycles. The number of rotatable bonds is 2. The van der Waals surface area contributed by atoms with Crippen LogP contribution < -0.4 is 9.46 Å². The first kappa shape index (κ1) is 16.5. The number of sulfonamides is 2. The van der Waals surface area contributed by atoms with Gasteiger partial charge in [-0.05, 0) is 24.3 Å². The smallest absolute Gasteiger partial charge is 0.244 e. The maximum absolute atomic E-state index is 12.8. The van der Waals surface area contributed by atoms with Crippen LogP contribution in [0, 0.1) is 0 Å². The van der Waals surface area contributed by atoms with E-state index in [0.717, 1.165) is 0 Å². The van der Waals surface area contributed by atoms with Crippen molar-refractivity contribution in [3.8, 4) is 5.75 Å². The van der Waals surface area contributed by atoms with Crippen molar-refractivity contribution in [2.45, 2.75) is 21.9 Å². The molecule has 7 nitrogen and oxygen atoms in total. The summed E-state index contributed by atoms with van der Waals surface area (Å²) in [6.45, 7) is 0.105. The van der Waals surface area contributed by atoms with Gasteiger partial charge in [-0.25, -0.2) is 21.6 Å². The molecule has 2 atom stereocenters. The van der Waals surface area contributed by atoms with Gasteiger partial charge < -0.3 is 4.74 Å². The van der Waals surface area contributed by atoms with Crippen LogP contribution in [0.3, 0.4) is 0 Å². The predicted octanol–water partition coefficient (Wildman–Crippen LogP) is 0.799. The van der Waals surface area contributed by atoms with Crippen LogP contribution in [0.5, 0.6) is 5.75 Å². The van der Waals surface area contributed by atoms with Crippen LogP contribution >= 0.6 is 0 Å². The molecule has 0 aromatic heterocycles. The molecule has 1 fully saturated rings. The lowest BCUT2D eigenvalue weighted by Gasteiger charge is -2.17. The Morgan fingerprint density at radius 2 is 1.68 bits per heavy atom. The third-order valence-electron chi connectivity index (χ3n) is 4.34. The zero-order valence-electron chi connectivity index (χ0n) is 13.1. The Morgan fingerprint density at radius 3 is 2.44 bits per heavy atom. The van der Waals surface area contributed by atoms with Crippen molar-refractivity contribution >= 4 is 20.0 Å². The van der Waals surface area contributed by atoms with Gasteiger partial charge in [0.1, 0.15) is 16.7 Å². The van der Waals surface area contributed by atoms with E-state index in [1.54, 1.807) is 36.4 Å². The van der Waals surface area contributed by atoms with E-state index < -0.39 is 32.2 Å². The van der Waals surface area contributed by atoms with Crippen molar-refractivity contribution in [1.29, 1.82) is 0 Å². The average molecular weight is 380 g/mol. The Morgan fingerprint density at radius 1 is 1.00 bits per heavy atom. The van der Waals surface area contributed by atoms with Crippen LogP contribution in [-0.2, 0) is 20.0 Å². The minimum absolute atomic E-state index is 0.0229. The van der Waals surface area contributed by atoms with Crippen LogP contribution in [-0.4, -0.2) is 46.4 Å². The molecule has 0 spiro atoms. The van der Waals surface area contributed by atoms with Crippen molar-refractivity contribution in [2.24, 2.45) is 0 Å². The van der Waals surface area contributed by atoms with Gasteiger partial charge in [0.15, 0.2) is 0 Å². The lowest BCUT2D eigenvalue weighted by Crippen LogP contribution is -2.42. The fraction of sp³-hybridized carbons (Fsp3) is 0.250. The molecule has 2 aliphatic heterocycles. The van der Waals surface area contributed by atoms with Crippen molar-refractivity contribution in [1.82, 2.24) is 9.03 Å². The molecule has 1 N–H and O–H groups in total. The van der Waals surface area contributed by atoms with Crippen LogP contribution in [0.4, 0.5) is 0 Å². The molecule has 0 radical (unpaired) electrons. The molecule has 9 heteroatoms. The summed E-state index contributed by atoms with van der Waals surface area (Å²) in [5.41, 5.74) is 0. The summed E-state index contributed by atoms with van der Waals surface area (Å²) < 4.78 is 60.2. The zero-order valence-corrected chi connectivity index (χ0v) is 14.7. The van der Waals surface area contributed by atoms with Crippen molar-refractivity contribution in [3.05, 3.63) is 54.6 Å². The van der Waals surface area contributed by atoms with E-state index in [-0.39, 0.29) is 28.6 Å². The molecular weight excluding hydrogens is 364 g/mol. The molecule has 1 saturated heterocycles. The second kappa shape index (κ2) is 5.80. The highest BCUT2D eigenvalue weighted by atomic mass is 32.2. The number of fused-ring (bicyclic) bond motifs is 2. The Labute approximate surface area is 146 Å². The standard InChI is InChI=1S/C16H16N2O5S2/c19-24(20)16-9-5-4-8-14(16)23-15-11-18(10-13(15)17-24)25(21,22)12-6-2-1-3-7-12/h1-9,13,15,17H,10-11H2. The SMILES string of the molecule is O=S1(=O)NC2CN(S(=O)(=O)c3ccccc3)CC2Oc2ccccc21. The monoisotopic (exact) mass is 380 g/mol. The van der Waals surface area contributed by atoms with Crippen molar-refractivity contribution in [2.75, 3.05) is 13.1 Å². The van der Waals surface area contributed by atoms with Gasteiger partial charge in [0.2, 0.25) is 20.0 Å². The zero-order chi connectivity index (χ0) is 17.7. The second-order valence-electron chi connectivity index (χ2n) is 5.97. The van der Waals surface area contributed by atoms with Crippen LogP contribution in [0.15, 0.2) is 64.4 Å². The number of ether oxygens (including phenoxy) is 1. The Balaban J connectivity index is 1.67. The van der Waals surface area contributed by atoms with E-state index in [4.69, 9.17) is 4.74 Å². The molecule has 4 rings (SSSR count). The summed E-state index contributed by atoms with van der Waals surface area (Å²) in [5, 5.41) is 0. The van der Waals surface area contributed by atoms with Crippen LogP contribution in [0.25, 0.3) is 0 Å². The third kappa shape index (κ3) is 2.82. The molecule has 2 unspecified atom stereocenters. The molecule has 2 aliphatic rings. The van der Waals surface area contributed by atoms with Gasteiger partial charge in [-0.3, -0.25) is 0 Å². The molecule has 2 aromatic rings. The largest absolute Gasteiger partial charge is 0.486 e. The van der Waals surface area contributed by atoms with Gasteiger partial charge in [0.05, 0.1) is 17.5 Å². The molecule has 2 aromatic carbocycles. The van der Waals surface area contributed by atoms with Gasteiger partial charge >= 0.3 is 0 Å². The molecule has 25 heavy (non-hydrogen) atoms. The molecular formula is C16H16N2O5S2. The van der Waals surface area contributed by atoms with Gasteiger partial charge in [-0.1, -0.05) is 30.3 Å². The maximum atomic E-state index is 12.8. The van der Waals surface area contributed by atoms with E-state index in [0.29, 0.717) is 0 Å². The fourth-order valence-electron chi connectivity index (χ4n) is 3.11. The van der Waals surface area contributed by atoms with Gasteiger partial charge in [-0.15, -0.1) is 0 Å². The Kier molecular flexibility index (Phi) is 3.84. The topological polar surface area (TPSA) is 92.8 Å². The first-order chi connectivity index (χ1) is 11.9. The first-order valence-electron chi connectivity index (χ1n) is 7.71. The first-order valence-corrected chi connectivity index (χ1v) is 10.6. The fourth-order valence-corrected chi connectivity index (χ4v) is 5.99. The van der Waals surface area contributed by atoms with Gasteiger partial charge in [-0.2, -0.15) is 4.31 Å². The number of para-hydroxylation sites is 1. The highest BCUT2D eigenvalue weighted by molar-refractivity contribution is 7.89. The van der Waals surface area contributed by atoms with E-state index in [9.17, 15) is 16.8 Å². The van der Waals surface area contributed by atoms with E-state index in [1.807, 2.05) is 0 Å². The molecule has 132 valence electrons. The maximum Gasteiger partial charge on any atom is 0.244 e. The van der Waals surface area contributed by atoms with Crippen molar-refractivity contribution < 1.29 is 21.6 Å². The van der Waals surface area contributed by atoms with Crippen LogP contribution in [0.2, 0.25) is 0 Å². The van der Waals surface area contributed by atoms with E-state index >= 15 is 0 Å². The molecule has 0 amide bonds. The van der Waals surface area contributed by atoms with E-state index in [1.165, 1.54) is 22.5 Å². The number of nitrogens with one attached hydrogen (secondary N) is 1. The number of benzene rings is 2. The summed E-state index contributed by atoms with van der Waals surface area (Å²) in [6.07, 6.45) is -0.586. The summed E-state index contributed by atoms with van der Waals surface area (Å²) in [6, 6.07) is 13.8. The van der Waals surface area contributed by atoms with E-state index in [2.05, 4.69) is 4.72 Å².